The summed E-state index contributed by atoms with van der Waals surface area (Å²) in [5, 5.41) is 0.479. The Hall–Kier alpha value is -1.82. The molecular weight excluding hydrogens is 403 g/mol. The van der Waals surface area contributed by atoms with Gasteiger partial charge in [-0.15, -0.1) is 0 Å². The van der Waals surface area contributed by atoms with E-state index in [9.17, 15) is 14.4 Å². The van der Waals surface area contributed by atoms with Crippen LogP contribution in [0.1, 0.15) is 23.2 Å². The van der Waals surface area contributed by atoms with Gasteiger partial charge in [0, 0.05) is 0 Å². The number of carbonyl (C=O) groups excluding carboxylic acids is 3. The van der Waals surface area contributed by atoms with Crippen LogP contribution >= 0.6 is 11.6 Å². The van der Waals surface area contributed by atoms with Crippen molar-refractivity contribution in [2.45, 2.75) is 17.3 Å². The summed E-state index contributed by atoms with van der Waals surface area (Å²) in [6.45, 7) is 0. The number of rotatable bonds is 4. The molecule has 0 saturated heterocycles. The molecular formula is C16H15ClO6Se. The van der Waals surface area contributed by atoms with E-state index in [1.165, 1.54) is 26.4 Å². The third-order valence-corrected chi connectivity index (χ3v) is 6.36. The quantitative estimate of drug-likeness (QED) is 0.423. The van der Waals surface area contributed by atoms with Gasteiger partial charge in [-0.3, -0.25) is 0 Å². The summed E-state index contributed by atoms with van der Waals surface area (Å²) in [5.74, 6) is -1.89. The van der Waals surface area contributed by atoms with Crippen molar-refractivity contribution in [2.75, 3.05) is 14.2 Å². The molecule has 6 nitrogen and oxygen atoms in total. The van der Waals surface area contributed by atoms with Gasteiger partial charge < -0.3 is 0 Å². The van der Waals surface area contributed by atoms with Crippen molar-refractivity contribution in [1.82, 2.24) is 0 Å². The average molecular weight is 418 g/mol. The summed E-state index contributed by atoms with van der Waals surface area (Å²) in [6.07, 6.45) is 2.35. The molecule has 1 aromatic carbocycles. The molecule has 1 heterocycles. The maximum atomic E-state index is 12.4. The fourth-order valence-corrected chi connectivity index (χ4v) is 4.80. The molecule has 1 aromatic rings. The van der Waals surface area contributed by atoms with Crippen LogP contribution in [0, 0.1) is 0 Å². The molecule has 0 aromatic heterocycles. The number of hydrogen-bond acceptors (Lipinski definition) is 6. The topological polar surface area (TPSA) is 78.9 Å². The Morgan fingerprint density at radius 2 is 1.75 bits per heavy atom. The van der Waals surface area contributed by atoms with Crippen LogP contribution in [0.5, 0.6) is 0 Å². The minimum atomic E-state index is -1.49. The molecule has 1 unspecified atom stereocenters. The van der Waals surface area contributed by atoms with Crippen LogP contribution in [0.4, 0.5) is 0 Å². The van der Waals surface area contributed by atoms with Gasteiger partial charge in [0.25, 0.3) is 0 Å². The first-order valence-electron chi connectivity index (χ1n) is 6.96. The first-order valence-corrected chi connectivity index (χ1v) is 9.06. The van der Waals surface area contributed by atoms with Crippen LogP contribution in [-0.2, 0) is 23.8 Å². The number of benzene rings is 1. The van der Waals surface area contributed by atoms with Crippen molar-refractivity contribution in [3.8, 4) is 0 Å². The van der Waals surface area contributed by atoms with Gasteiger partial charge in [-0.05, 0) is 0 Å². The molecule has 1 atom stereocenters. The maximum absolute atomic E-state index is 12.4. The Bertz CT molecular complexity index is 684. The first-order chi connectivity index (χ1) is 11.4. The van der Waals surface area contributed by atoms with Crippen molar-refractivity contribution in [1.29, 1.82) is 0 Å². The summed E-state index contributed by atoms with van der Waals surface area (Å²) in [7, 11) is 2.47. The number of esters is 3. The summed E-state index contributed by atoms with van der Waals surface area (Å²) in [5.41, 5.74) is 0.257. The number of hydrogen-bond donors (Lipinski definition) is 0. The van der Waals surface area contributed by atoms with E-state index in [0.717, 1.165) is 0 Å². The summed E-state index contributed by atoms with van der Waals surface area (Å²) in [4.78, 5) is 36.5. The summed E-state index contributed by atoms with van der Waals surface area (Å²) < 4.78 is 13.9. The fraction of sp³-hybridized carbons (Fsp3) is 0.312. The van der Waals surface area contributed by atoms with Gasteiger partial charge in [-0.1, -0.05) is 0 Å². The summed E-state index contributed by atoms with van der Waals surface area (Å²) in [6, 6.07) is 6.11. The molecule has 0 amide bonds. The van der Waals surface area contributed by atoms with Crippen LogP contribution in [0.3, 0.4) is 0 Å². The normalized spacial score (nSPS) is 19.9. The standard InChI is InChI=1S/C16H15ClO6Se/c1-21-14(19)12-4-3-9-16(24-12,15(20)22-2)23-13(18)10-5-7-11(17)8-6-10/h4-8H,3,9H2,1-2H3. The van der Waals surface area contributed by atoms with Crippen LogP contribution in [-0.4, -0.2) is 51.6 Å². The van der Waals surface area contributed by atoms with Crippen molar-refractivity contribution in [3.63, 3.8) is 0 Å². The first kappa shape index (κ1) is 18.5. The Balaban J connectivity index is 2.27. The van der Waals surface area contributed by atoms with E-state index in [2.05, 4.69) is 0 Å². The number of methoxy groups -OCH3 is 2. The molecule has 0 aliphatic carbocycles. The van der Waals surface area contributed by atoms with E-state index in [1.807, 2.05) is 0 Å². The number of carbonyl (C=O) groups is 3. The van der Waals surface area contributed by atoms with E-state index in [1.54, 1.807) is 18.2 Å². The zero-order valence-corrected chi connectivity index (χ0v) is 15.5. The predicted octanol–water partition coefficient (Wildman–Crippen LogP) is 1.92. The molecule has 24 heavy (non-hydrogen) atoms. The zero-order valence-electron chi connectivity index (χ0n) is 13.0. The van der Waals surface area contributed by atoms with Crippen molar-refractivity contribution < 1.29 is 28.6 Å². The van der Waals surface area contributed by atoms with Gasteiger partial charge in [-0.25, -0.2) is 0 Å². The fourth-order valence-electron chi connectivity index (χ4n) is 2.10. The molecule has 2 rings (SSSR count). The number of ether oxygens (including phenoxy) is 3. The molecule has 0 N–H and O–H groups in total. The third-order valence-electron chi connectivity index (χ3n) is 3.30. The molecule has 1 aliphatic rings. The van der Waals surface area contributed by atoms with Gasteiger partial charge >= 0.3 is 150 Å². The van der Waals surface area contributed by atoms with E-state index in [4.69, 9.17) is 25.8 Å². The third kappa shape index (κ3) is 3.98. The van der Waals surface area contributed by atoms with Crippen LogP contribution < -0.4 is 0 Å². The van der Waals surface area contributed by atoms with Gasteiger partial charge in [0.05, 0.1) is 0 Å². The molecule has 8 heteroatoms. The summed E-state index contributed by atoms with van der Waals surface area (Å²) >= 11 is 5.03. The number of halogens is 1. The Labute approximate surface area is 150 Å². The number of allylic oxidation sites excluding steroid dienone is 1. The monoisotopic (exact) mass is 418 g/mol. The van der Waals surface area contributed by atoms with Gasteiger partial charge in [0.2, 0.25) is 0 Å². The van der Waals surface area contributed by atoms with Crippen LogP contribution in [0.25, 0.3) is 0 Å². The second-order valence-electron chi connectivity index (χ2n) is 4.84. The molecule has 128 valence electrons. The van der Waals surface area contributed by atoms with E-state index in [0.29, 0.717) is 15.9 Å². The van der Waals surface area contributed by atoms with E-state index < -0.39 is 37.4 Å². The Kier molecular flexibility index (Phi) is 6.04. The van der Waals surface area contributed by atoms with Crippen LogP contribution in [0.2, 0.25) is 5.02 Å². The molecule has 1 aliphatic heterocycles. The second kappa shape index (κ2) is 7.83. The van der Waals surface area contributed by atoms with Crippen LogP contribution in [0.15, 0.2) is 34.8 Å². The van der Waals surface area contributed by atoms with E-state index >= 15 is 0 Å². The SMILES string of the molecule is COC(=O)C1=CCCC(OC(=O)c2ccc(Cl)cc2)(C(=O)OC)[Se]1. The van der Waals surface area contributed by atoms with Gasteiger partial charge in [0.1, 0.15) is 0 Å². The second-order valence-corrected chi connectivity index (χ2v) is 8.01. The Morgan fingerprint density at radius 1 is 1.08 bits per heavy atom. The van der Waals surface area contributed by atoms with Crippen molar-refractivity contribution in [3.05, 3.63) is 45.4 Å². The van der Waals surface area contributed by atoms with Gasteiger partial charge in [0.15, 0.2) is 0 Å². The molecule has 0 bridgehead atoms. The van der Waals surface area contributed by atoms with Crippen molar-refractivity contribution >= 4 is 44.5 Å². The Morgan fingerprint density at radius 3 is 2.33 bits per heavy atom. The molecule has 0 fully saturated rings. The average Bonchev–Trinajstić information content (AvgIpc) is 2.60. The minimum absolute atomic E-state index is 0.250. The van der Waals surface area contributed by atoms with Crippen molar-refractivity contribution in [2.24, 2.45) is 0 Å². The molecule has 0 spiro atoms. The molecule has 0 saturated carbocycles. The zero-order chi connectivity index (χ0) is 17.7. The van der Waals surface area contributed by atoms with E-state index in [-0.39, 0.29) is 12.0 Å². The predicted molar refractivity (Wildman–Crippen MR) is 86.7 cm³/mol. The van der Waals surface area contributed by atoms with Gasteiger partial charge in [-0.2, -0.15) is 0 Å². The molecule has 0 radical (unpaired) electrons.